The fourth-order valence-electron chi connectivity index (χ4n) is 5.38. The lowest BCUT2D eigenvalue weighted by atomic mass is 9.82. The van der Waals surface area contributed by atoms with Gasteiger partial charge in [0.15, 0.2) is 11.6 Å². The summed E-state index contributed by atoms with van der Waals surface area (Å²) in [5.41, 5.74) is 5.01. The van der Waals surface area contributed by atoms with Gasteiger partial charge >= 0.3 is 0 Å². The Labute approximate surface area is 191 Å². The fourth-order valence-corrected chi connectivity index (χ4v) is 5.38. The monoisotopic (exact) mass is 438 g/mol. The molecule has 2 aromatic carbocycles. The summed E-state index contributed by atoms with van der Waals surface area (Å²) >= 11 is 0. The molecule has 3 unspecified atom stereocenters. The van der Waals surface area contributed by atoms with E-state index in [1.165, 1.54) is 16.7 Å². The summed E-state index contributed by atoms with van der Waals surface area (Å²) in [5, 5.41) is 0. The van der Waals surface area contributed by atoms with Crippen molar-refractivity contribution in [3.05, 3.63) is 81.9 Å². The molecule has 1 saturated heterocycles. The Bertz CT molecular complexity index is 923. The molecule has 2 aromatic rings. The molecule has 1 nitrogen and oxygen atoms in total. The lowest BCUT2D eigenvalue weighted by Gasteiger charge is -2.30. The SMILES string of the molecule is CCCC1=CCC(c2ccc(C3CCC(c4ccc(CCC)cc4)OC3)c(F)c2F)CC1. The smallest absolute Gasteiger partial charge is 0.162 e. The molecule has 3 atom stereocenters. The summed E-state index contributed by atoms with van der Waals surface area (Å²) in [7, 11) is 0. The maximum Gasteiger partial charge on any atom is 0.162 e. The van der Waals surface area contributed by atoms with Crippen LogP contribution in [0.1, 0.15) is 105 Å². The maximum absolute atomic E-state index is 15.1. The highest BCUT2D eigenvalue weighted by Gasteiger charge is 2.29. The molecule has 0 amide bonds. The minimum atomic E-state index is -0.665. The van der Waals surface area contributed by atoms with Gasteiger partial charge in [0.25, 0.3) is 0 Å². The van der Waals surface area contributed by atoms with Gasteiger partial charge in [0, 0.05) is 5.92 Å². The zero-order valence-corrected chi connectivity index (χ0v) is 19.5. The van der Waals surface area contributed by atoms with Crippen molar-refractivity contribution < 1.29 is 13.5 Å². The second-order valence-corrected chi connectivity index (χ2v) is 9.54. The zero-order chi connectivity index (χ0) is 22.5. The number of aryl methyl sites for hydroxylation is 1. The number of allylic oxidation sites excluding steroid dienone is 2. The number of benzene rings is 2. The molecule has 0 aromatic heterocycles. The van der Waals surface area contributed by atoms with Crippen molar-refractivity contribution in [3.63, 3.8) is 0 Å². The van der Waals surface area contributed by atoms with Crippen LogP contribution in [0.5, 0.6) is 0 Å². The van der Waals surface area contributed by atoms with Crippen LogP contribution in [-0.4, -0.2) is 6.61 Å². The molecule has 0 N–H and O–H groups in total. The maximum atomic E-state index is 15.1. The summed E-state index contributed by atoms with van der Waals surface area (Å²) in [6.07, 6.45) is 11.1. The van der Waals surface area contributed by atoms with Crippen molar-refractivity contribution in [1.82, 2.24) is 0 Å². The molecule has 0 bridgehead atoms. The minimum absolute atomic E-state index is 0.0421. The lowest BCUT2D eigenvalue weighted by Crippen LogP contribution is -2.21. The van der Waals surface area contributed by atoms with Crippen LogP contribution in [0.15, 0.2) is 48.0 Å². The fraction of sp³-hybridized carbons (Fsp3) is 0.517. The van der Waals surface area contributed by atoms with Crippen LogP contribution < -0.4 is 0 Å². The van der Waals surface area contributed by atoms with Gasteiger partial charge in [-0.3, -0.25) is 0 Å². The second kappa shape index (κ2) is 10.7. The average molecular weight is 439 g/mol. The first-order valence-electron chi connectivity index (χ1n) is 12.5. The predicted octanol–water partition coefficient (Wildman–Crippen LogP) is 8.55. The summed E-state index contributed by atoms with van der Waals surface area (Å²) in [6.45, 7) is 4.80. The molecule has 1 aliphatic carbocycles. The van der Waals surface area contributed by atoms with E-state index in [9.17, 15) is 0 Å². The Kier molecular flexibility index (Phi) is 7.78. The van der Waals surface area contributed by atoms with Crippen molar-refractivity contribution in [1.29, 1.82) is 0 Å². The van der Waals surface area contributed by atoms with Crippen LogP contribution in [0.25, 0.3) is 0 Å². The largest absolute Gasteiger partial charge is 0.373 e. The summed E-state index contributed by atoms with van der Waals surface area (Å²) < 4.78 is 36.3. The number of hydrogen-bond acceptors (Lipinski definition) is 1. The number of ether oxygens (including phenoxy) is 1. The van der Waals surface area contributed by atoms with Crippen molar-refractivity contribution in [3.8, 4) is 0 Å². The molecule has 4 rings (SSSR count). The highest BCUT2D eigenvalue weighted by atomic mass is 19.2. The first-order valence-corrected chi connectivity index (χ1v) is 12.5. The average Bonchev–Trinajstić information content (AvgIpc) is 2.83. The topological polar surface area (TPSA) is 9.23 Å². The Hall–Kier alpha value is -2.00. The van der Waals surface area contributed by atoms with Gasteiger partial charge in [-0.25, -0.2) is 8.78 Å². The van der Waals surface area contributed by atoms with Crippen LogP contribution in [0.2, 0.25) is 0 Å². The molecule has 0 saturated carbocycles. The van der Waals surface area contributed by atoms with Crippen molar-refractivity contribution in [2.45, 2.75) is 89.6 Å². The normalized spacial score (nSPS) is 23.8. The van der Waals surface area contributed by atoms with E-state index in [0.717, 1.165) is 57.8 Å². The van der Waals surface area contributed by atoms with Gasteiger partial charge in [-0.05, 0) is 73.1 Å². The van der Waals surface area contributed by atoms with E-state index < -0.39 is 11.6 Å². The third-order valence-corrected chi connectivity index (χ3v) is 7.26. The Morgan fingerprint density at radius 2 is 1.50 bits per heavy atom. The lowest BCUT2D eigenvalue weighted by molar-refractivity contribution is 0.00161. The Morgan fingerprint density at radius 1 is 0.812 bits per heavy atom. The van der Waals surface area contributed by atoms with E-state index in [4.69, 9.17) is 4.74 Å². The number of halogens is 2. The van der Waals surface area contributed by atoms with Gasteiger partial charge in [-0.15, -0.1) is 0 Å². The van der Waals surface area contributed by atoms with Crippen molar-refractivity contribution in [2.75, 3.05) is 6.61 Å². The summed E-state index contributed by atoms with van der Waals surface area (Å²) in [4.78, 5) is 0. The van der Waals surface area contributed by atoms with Gasteiger partial charge < -0.3 is 4.74 Å². The van der Waals surface area contributed by atoms with E-state index in [-0.39, 0.29) is 17.9 Å². The quantitative estimate of drug-likeness (QED) is 0.394. The van der Waals surface area contributed by atoms with Crippen LogP contribution in [0.3, 0.4) is 0 Å². The standard InChI is InChI=1S/C29H36F2O/c1-3-5-20-7-11-22(12-8-20)25-16-17-26(29(31)28(25)30)24-15-18-27(32-19-24)23-13-9-21(6-4-2)10-14-23/h7,9-10,13-14,16-17,22,24,27H,3-6,8,11-12,15,18-19H2,1-2H3. The van der Waals surface area contributed by atoms with Gasteiger partial charge in [0.05, 0.1) is 12.7 Å². The molecule has 1 aliphatic heterocycles. The number of rotatable bonds is 7. The van der Waals surface area contributed by atoms with E-state index in [1.807, 2.05) is 12.1 Å². The molecule has 0 spiro atoms. The zero-order valence-electron chi connectivity index (χ0n) is 19.5. The van der Waals surface area contributed by atoms with Crippen LogP contribution in [-0.2, 0) is 11.2 Å². The van der Waals surface area contributed by atoms with E-state index >= 15 is 8.78 Å². The Balaban J connectivity index is 1.40. The van der Waals surface area contributed by atoms with Crippen molar-refractivity contribution in [2.24, 2.45) is 0 Å². The van der Waals surface area contributed by atoms with Gasteiger partial charge in [-0.1, -0.05) is 74.7 Å². The predicted molar refractivity (Wildman–Crippen MR) is 127 cm³/mol. The van der Waals surface area contributed by atoms with Crippen LogP contribution >= 0.6 is 0 Å². The van der Waals surface area contributed by atoms with Crippen molar-refractivity contribution >= 4 is 0 Å². The van der Waals surface area contributed by atoms with Crippen LogP contribution in [0.4, 0.5) is 8.78 Å². The first kappa shape index (κ1) is 23.2. The molecular weight excluding hydrogens is 402 g/mol. The highest BCUT2D eigenvalue weighted by Crippen LogP contribution is 2.40. The third-order valence-electron chi connectivity index (χ3n) is 7.26. The van der Waals surface area contributed by atoms with E-state index in [0.29, 0.717) is 17.7 Å². The molecule has 1 fully saturated rings. The molecule has 1 heterocycles. The second-order valence-electron chi connectivity index (χ2n) is 9.54. The van der Waals surface area contributed by atoms with Gasteiger partial charge in [0.1, 0.15) is 0 Å². The minimum Gasteiger partial charge on any atom is -0.373 e. The molecule has 172 valence electrons. The molecule has 3 heteroatoms. The summed E-state index contributed by atoms with van der Waals surface area (Å²) in [6, 6.07) is 12.3. The molecular formula is C29H36F2O. The molecule has 2 aliphatic rings. The first-order chi connectivity index (χ1) is 15.6. The van der Waals surface area contributed by atoms with E-state index in [2.05, 4.69) is 44.2 Å². The third kappa shape index (κ3) is 5.14. The van der Waals surface area contributed by atoms with Gasteiger partial charge in [0.2, 0.25) is 0 Å². The van der Waals surface area contributed by atoms with Gasteiger partial charge in [-0.2, -0.15) is 0 Å². The summed E-state index contributed by atoms with van der Waals surface area (Å²) in [5.74, 6) is -1.31. The van der Waals surface area contributed by atoms with Crippen LogP contribution in [0, 0.1) is 11.6 Å². The van der Waals surface area contributed by atoms with E-state index in [1.54, 1.807) is 0 Å². The molecule has 32 heavy (non-hydrogen) atoms. The number of hydrogen-bond donors (Lipinski definition) is 0. The molecule has 0 radical (unpaired) electrons. The Morgan fingerprint density at radius 3 is 2.06 bits per heavy atom. The highest BCUT2D eigenvalue weighted by molar-refractivity contribution is 5.33.